The van der Waals surface area contributed by atoms with E-state index < -0.39 is 17.7 Å². The summed E-state index contributed by atoms with van der Waals surface area (Å²) in [5, 5.41) is 16.8. The molecular formula is C4H4N2O4. The number of hydrogen-bond donors (Lipinski definition) is 3. The van der Waals surface area contributed by atoms with Crippen LogP contribution in [-0.2, 0) is 0 Å². The summed E-state index contributed by atoms with van der Waals surface area (Å²) in [4.78, 5) is 22.4. The maximum absolute atomic E-state index is 10.4. The molecule has 54 valence electrons. The highest BCUT2D eigenvalue weighted by molar-refractivity contribution is 5.67. The molecule has 0 bridgehead atoms. The van der Waals surface area contributed by atoms with E-state index in [1.807, 2.05) is 4.98 Å². The number of H-pyrrole nitrogens is 1. The second kappa shape index (κ2) is 1.90. The lowest BCUT2D eigenvalue weighted by Gasteiger charge is -1.84. The van der Waals surface area contributed by atoms with Gasteiger partial charge in [0.15, 0.2) is 0 Å². The van der Waals surface area contributed by atoms with E-state index in [1.54, 1.807) is 0 Å². The Kier molecular flexibility index (Phi) is 1.22. The van der Waals surface area contributed by atoms with Gasteiger partial charge in [-0.05, 0) is 0 Å². The maximum Gasteiger partial charge on any atom is 0.419 e. The highest BCUT2D eigenvalue weighted by Gasteiger charge is 2.06. The summed E-state index contributed by atoms with van der Waals surface area (Å²) < 4.78 is 0.343. The van der Waals surface area contributed by atoms with Crippen molar-refractivity contribution in [1.29, 1.82) is 0 Å². The van der Waals surface area contributed by atoms with Crippen molar-refractivity contribution in [2.45, 2.75) is 0 Å². The zero-order valence-electron chi connectivity index (χ0n) is 4.74. The first-order valence-corrected chi connectivity index (χ1v) is 2.35. The summed E-state index contributed by atoms with van der Waals surface area (Å²) in [6, 6.07) is 0. The number of rotatable bonds is 0. The number of hydrogen-bond acceptors (Lipinski definition) is 3. The second-order valence-electron chi connectivity index (χ2n) is 1.60. The average Bonchev–Trinajstić information content (AvgIpc) is 2.10. The van der Waals surface area contributed by atoms with Crippen molar-refractivity contribution < 1.29 is 15.0 Å². The highest BCUT2D eigenvalue weighted by Crippen LogP contribution is 1.95. The molecular weight excluding hydrogens is 140 g/mol. The van der Waals surface area contributed by atoms with Gasteiger partial charge < -0.3 is 10.2 Å². The van der Waals surface area contributed by atoms with Crippen LogP contribution in [0.5, 0.6) is 5.88 Å². The van der Waals surface area contributed by atoms with Crippen LogP contribution in [0, 0.1) is 0 Å². The Labute approximate surface area is 54.3 Å². The lowest BCUT2D eigenvalue weighted by molar-refractivity contribution is 0.195. The van der Waals surface area contributed by atoms with Gasteiger partial charge in [-0.2, -0.15) is 4.57 Å². The van der Waals surface area contributed by atoms with E-state index in [-0.39, 0.29) is 0 Å². The predicted molar refractivity (Wildman–Crippen MR) is 30.1 cm³/mol. The largest absolute Gasteiger partial charge is 0.493 e. The van der Waals surface area contributed by atoms with E-state index in [2.05, 4.69) is 0 Å². The third kappa shape index (κ3) is 0.859. The van der Waals surface area contributed by atoms with E-state index in [0.717, 1.165) is 6.20 Å². The van der Waals surface area contributed by atoms with Gasteiger partial charge in [0.05, 0.1) is 6.20 Å². The topological polar surface area (TPSA) is 95.3 Å². The number of nitrogens with zero attached hydrogens (tertiary/aromatic N) is 1. The highest BCUT2D eigenvalue weighted by atomic mass is 16.4. The number of aromatic nitrogens is 2. The van der Waals surface area contributed by atoms with Crippen molar-refractivity contribution in [2.75, 3.05) is 0 Å². The van der Waals surface area contributed by atoms with E-state index in [4.69, 9.17) is 10.2 Å². The Morgan fingerprint density at radius 3 is 2.50 bits per heavy atom. The summed E-state index contributed by atoms with van der Waals surface area (Å²) in [6.07, 6.45) is -0.647. The maximum atomic E-state index is 10.4. The van der Waals surface area contributed by atoms with Crippen molar-refractivity contribution in [3.8, 4) is 5.88 Å². The molecule has 0 aliphatic carbocycles. The first-order chi connectivity index (χ1) is 4.61. The molecule has 3 N–H and O–H groups in total. The Bertz CT molecular complexity index is 309. The van der Waals surface area contributed by atoms with E-state index in [1.165, 1.54) is 0 Å². The molecule has 1 heterocycles. The van der Waals surface area contributed by atoms with Crippen LogP contribution in [0.25, 0.3) is 0 Å². The third-order valence-corrected chi connectivity index (χ3v) is 0.911. The average molecular weight is 144 g/mol. The quantitative estimate of drug-likeness (QED) is 0.453. The number of aromatic amines is 1. The normalized spacial score (nSPS) is 9.60. The second-order valence-corrected chi connectivity index (χ2v) is 1.60. The summed E-state index contributed by atoms with van der Waals surface area (Å²) >= 11 is 0. The SMILES string of the molecule is O=C(O)n1cc(O)[nH]c1=O. The predicted octanol–water partition coefficient (Wildman–Crippen LogP) is -0.592. The molecule has 0 saturated heterocycles. The van der Waals surface area contributed by atoms with Crippen molar-refractivity contribution in [2.24, 2.45) is 0 Å². The zero-order valence-corrected chi connectivity index (χ0v) is 4.74. The zero-order chi connectivity index (χ0) is 7.72. The molecule has 6 nitrogen and oxygen atoms in total. The Morgan fingerprint density at radius 2 is 2.30 bits per heavy atom. The van der Waals surface area contributed by atoms with Crippen LogP contribution in [-0.4, -0.2) is 25.9 Å². The number of carboxylic acid groups (broad SMARTS) is 1. The molecule has 1 aromatic heterocycles. The van der Waals surface area contributed by atoms with Crippen LogP contribution in [0.15, 0.2) is 11.0 Å². The lowest BCUT2D eigenvalue weighted by atomic mass is 10.8. The van der Waals surface area contributed by atoms with Gasteiger partial charge in [0, 0.05) is 0 Å². The molecule has 0 fully saturated rings. The molecule has 0 aliphatic rings. The molecule has 0 unspecified atom stereocenters. The molecule has 1 aromatic rings. The monoisotopic (exact) mass is 144 g/mol. The van der Waals surface area contributed by atoms with Crippen molar-refractivity contribution in [3.63, 3.8) is 0 Å². The molecule has 1 rings (SSSR count). The van der Waals surface area contributed by atoms with Crippen molar-refractivity contribution in [1.82, 2.24) is 9.55 Å². The molecule has 0 atom stereocenters. The first-order valence-electron chi connectivity index (χ1n) is 2.35. The molecule has 0 radical (unpaired) electrons. The molecule has 6 heteroatoms. The molecule has 0 aliphatic heterocycles. The number of imidazole rings is 1. The smallest absolute Gasteiger partial charge is 0.419 e. The Hall–Kier alpha value is -1.72. The molecule has 0 amide bonds. The van der Waals surface area contributed by atoms with E-state index >= 15 is 0 Å². The van der Waals surface area contributed by atoms with Gasteiger partial charge in [0.25, 0.3) is 0 Å². The lowest BCUT2D eigenvalue weighted by Crippen LogP contribution is -2.21. The minimum atomic E-state index is -1.43. The van der Waals surface area contributed by atoms with Crippen molar-refractivity contribution in [3.05, 3.63) is 16.7 Å². The van der Waals surface area contributed by atoms with Crippen molar-refractivity contribution >= 4 is 6.09 Å². The van der Waals surface area contributed by atoms with E-state index in [0.29, 0.717) is 4.57 Å². The molecule has 10 heavy (non-hydrogen) atoms. The van der Waals surface area contributed by atoms with Crippen LogP contribution in [0.1, 0.15) is 0 Å². The number of aromatic hydroxyl groups is 1. The summed E-state index contributed by atoms with van der Waals surface area (Å²) in [6.45, 7) is 0. The van der Waals surface area contributed by atoms with Gasteiger partial charge in [0.2, 0.25) is 5.88 Å². The fourth-order valence-electron chi connectivity index (χ4n) is 0.525. The summed E-state index contributed by atoms with van der Waals surface area (Å²) in [7, 11) is 0. The fourth-order valence-corrected chi connectivity index (χ4v) is 0.525. The van der Waals surface area contributed by atoms with Crippen LogP contribution >= 0.6 is 0 Å². The van der Waals surface area contributed by atoms with Gasteiger partial charge >= 0.3 is 11.8 Å². The molecule has 0 saturated carbocycles. The number of nitrogens with one attached hydrogen (secondary N) is 1. The minimum absolute atomic E-state index is 0.343. The minimum Gasteiger partial charge on any atom is -0.493 e. The van der Waals surface area contributed by atoms with E-state index in [9.17, 15) is 9.59 Å². The molecule has 0 aromatic carbocycles. The fraction of sp³-hybridized carbons (Fsp3) is 0. The number of carbonyl (C=O) groups is 1. The van der Waals surface area contributed by atoms with Gasteiger partial charge in [-0.3, -0.25) is 4.98 Å². The first kappa shape index (κ1) is 6.40. The summed E-state index contributed by atoms with van der Waals surface area (Å²) in [5.41, 5.74) is -0.870. The van der Waals surface area contributed by atoms with Gasteiger partial charge in [-0.1, -0.05) is 0 Å². The third-order valence-electron chi connectivity index (χ3n) is 0.911. The Balaban J connectivity index is 3.29. The van der Waals surface area contributed by atoms with Crippen LogP contribution in [0.4, 0.5) is 4.79 Å². The standard InChI is InChI=1S/C4H4N2O4/c7-2-1-6(4(9)10)3(8)5-2/h1,7H,(H,5,8)(H,9,10). The summed E-state index contributed by atoms with van der Waals surface area (Å²) in [5.74, 6) is -0.465. The van der Waals surface area contributed by atoms with Crippen LogP contribution in [0.2, 0.25) is 0 Å². The van der Waals surface area contributed by atoms with Gasteiger partial charge in [0.1, 0.15) is 0 Å². The Morgan fingerprint density at radius 1 is 1.70 bits per heavy atom. The van der Waals surface area contributed by atoms with Crippen LogP contribution < -0.4 is 5.69 Å². The molecule has 0 spiro atoms. The van der Waals surface area contributed by atoms with Gasteiger partial charge in [-0.25, -0.2) is 9.59 Å². The van der Waals surface area contributed by atoms with Gasteiger partial charge in [-0.15, -0.1) is 0 Å². The van der Waals surface area contributed by atoms with Crippen LogP contribution in [0.3, 0.4) is 0 Å².